The first-order valence-electron chi connectivity index (χ1n) is 13.3. The number of nitrogens with one attached hydrogen (secondary N) is 1. The molecule has 0 radical (unpaired) electrons. The van der Waals surface area contributed by atoms with E-state index in [2.05, 4.69) is 36.5 Å². The smallest absolute Gasteiger partial charge is 0.325 e. The standard InChI is InChI=1S/C22H24F2N10O8P2S2/c1-7-8-2-38-43(36,45)42-16-10(23)9(40-21(16)34-6-30-13-19(34)31-22(26)32-20(13)35)3-39-44(37,46)41-15(8)11(24)14(7)33-5-29-12-17(25)27-4-28-18(12)33/h4-6,8-11,14-16,21H,1-3H2,(H,36,45)(H,37,46)(H2,25,27,28)(H3,26,31,32,35)/t8-,9+,10+,11-,14+,15+,16+,21+,43?,44?/m0/s1. The van der Waals surface area contributed by atoms with Crippen LogP contribution in [0.5, 0.6) is 0 Å². The summed E-state index contributed by atoms with van der Waals surface area (Å²) in [6.45, 7) is -5.85. The van der Waals surface area contributed by atoms with Gasteiger partial charge in [-0.3, -0.25) is 18.9 Å². The van der Waals surface area contributed by atoms with Crippen LogP contribution in [0.15, 0.2) is 35.9 Å². The van der Waals surface area contributed by atoms with E-state index in [0.29, 0.717) is 0 Å². The van der Waals surface area contributed by atoms with Crippen LogP contribution in [0.25, 0.3) is 22.3 Å². The third-order valence-corrected chi connectivity index (χ3v) is 11.0. The molecule has 7 rings (SSSR count). The lowest BCUT2D eigenvalue weighted by molar-refractivity contribution is -0.0506. The Morgan fingerprint density at radius 1 is 0.957 bits per heavy atom. The number of nitrogens with zero attached hydrogens (tertiary/aromatic N) is 7. The van der Waals surface area contributed by atoms with E-state index in [4.69, 9.17) is 57.9 Å². The molecule has 0 amide bonds. The Balaban J connectivity index is 1.23. The highest BCUT2D eigenvalue weighted by atomic mass is 32.5. The summed E-state index contributed by atoms with van der Waals surface area (Å²) >= 11 is 10.4. The number of ether oxygens (including phenoxy) is 1. The van der Waals surface area contributed by atoms with E-state index in [1.54, 1.807) is 0 Å². The summed E-state index contributed by atoms with van der Waals surface area (Å²) in [5, 5.41) is 0. The molecule has 2 saturated heterocycles. The molecular weight excluding hydrogens is 696 g/mol. The Hall–Kier alpha value is -2.88. The van der Waals surface area contributed by atoms with E-state index >= 15 is 8.78 Å². The number of nitrogens with two attached hydrogens (primary N) is 2. The minimum absolute atomic E-state index is 0.0679. The fraction of sp³-hybridized carbons (Fsp3) is 0.455. The summed E-state index contributed by atoms with van der Waals surface area (Å²) in [7, 11) is 0. The predicted molar refractivity (Wildman–Crippen MR) is 162 cm³/mol. The number of anilines is 2. The topological polar surface area (TPSA) is 246 Å². The van der Waals surface area contributed by atoms with Crippen LogP contribution in [0.4, 0.5) is 20.5 Å². The van der Waals surface area contributed by atoms with Crippen molar-refractivity contribution in [3.05, 3.63) is 41.5 Å². The number of hydrogen-bond acceptors (Lipinski definition) is 15. The number of hydrogen-bond donors (Lipinski definition) is 5. The molecule has 0 aromatic carbocycles. The zero-order valence-corrected chi connectivity index (χ0v) is 26.5. The second kappa shape index (κ2) is 11.4. The molecule has 4 aromatic rings. The van der Waals surface area contributed by atoms with Crippen molar-refractivity contribution in [3.63, 3.8) is 0 Å². The van der Waals surface area contributed by atoms with Gasteiger partial charge in [0.25, 0.3) is 5.56 Å². The van der Waals surface area contributed by atoms with Crippen LogP contribution < -0.4 is 17.0 Å². The minimum Gasteiger partial charge on any atom is -0.382 e. The zero-order chi connectivity index (χ0) is 32.7. The summed E-state index contributed by atoms with van der Waals surface area (Å²) in [5.74, 6) is -1.27. The molecule has 6 heterocycles. The normalized spacial score (nSPS) is 37.2. The van der Waals surface area contributed by atoms with Gasteiger partial charge in [0.2, 0.25) is 5.95 Å². The van der Waals surface area contributed by atoms with Gasteiger partial charge < -0.3 is 44.1 Å². The molecule has 2 bridgehead atoms. The van der Waals surface area contributed by atoms with E-state index < -0.39 is 81.1 Å². The van der Waals surface area contributed by atoms with Crippen LogP contribution in [-0.2, 0) is 46.4 Å². The first-order valence-corrected chi connectivity index (χ1v) is 18.5. The molecule has 10 atom stereocenters. The molecule has 246 valence electrons. The van der Waals surface area contributed by atoms with Crippen LogP contribution >= 0.6 is 13.4 Å². The van der Waals surface area contributed by atoms with Gasteiger partial charge in [-0.15, -0.1) is 0 Å². The Morgan fingerprint density at radius 3 is 2.39 bits per heavy atom. The number of rotatable bonds is 2. The molecule has 2 aliphatic heterocycles. The maximum atomic E-state index is 16.3. The van der Waals surface area contributed by atoms with Crippen LogP contribution in [-0.4, -0.2) is 92.7 Å². The second-order valence-electron chi connectivity index (χ2n) is 10.6. The van der Waals surface area contributed by atoms with Crippen LogP contribution in [0.2, 0.25) is 0 Å². The van der Waals surface area contributed by atoms with Gasteiger partial charge in [-0.1, -0.05) is 6.58 Å². The number of aromatic nitrogens is 8. The van der Waals surface area contributed by atoms with Crippen molar-refractivity contribution in [1.29, 1.82) is 0 Å². The molecule has 7 N–H and O–H groups in total. The van der Waals surface area contributed by atoms with Crippen LogP contribution in [0, 0.1) is 5.92 Å². The fourth-order valence-corrected chi connectivity index (χ4v) is 8.65. The molecule has 3 fully saturated rings. The van der Waals surface area contributed by atoms with Crippen LogP contribution in [0.1, 0.15) is 12.3 Å². The molecule has 3 aliphatic rings. The number of alkyl halides is 2. The average molecular weight is 721 g/mol. The largest absolute Gasteiger partial charge is 0.382 e. The molecule has 4 aromatic heterocycles. The summed E-state index contributed by atoms with van der Waals surface area (Å²) in [6.07, 6.45) is -6.49. The highest BCUT2D eigenvalue weighted by molar-refractivity contribution is 8.07. The molecule has 1 saturated carbocycles. The predicted octanol–water partition coefficient (Wildman–Crippen LogP) is 0.675. The number of H-pyrrole nitrogens is 1. The molecule has 2 unspecified atom stereocenters. The quantitative estimate of drug-likeness (QED) is 0.141. The number of imidazole rings is 2. The minimum atomic E-state index is -4.34. The van der Waals surface area contributed by atoms with E-state index in [1.807, 2.05) is 0 Å². The first kappa shape index (κ1) is 31.7. The summed E-state index contributed by atoms with van der Waals surface area (Å²) < 4.78 is 63.0. The van der Waals surface area contributed by atoms with Gasteiger partial charge in [-0.2, -0.15) is 4.98 Å². The van der Waals surface area contributed by atoms with E-state index in [0.717, 1.165) is 6.33 Å². The molecule has 0 spiro atoms. The molecule has 46 heavy (non-hydrogen) atoms. The average Bonchev–Trinajstić information content (AvgIpc) is 3.72. The lowest BCUT2D eigenvalue weighted by Gasteiger charge is -2.28. The third-order valence-electron chi connectivity index (χ3n) is 7.87. The van der Waals surface area contributed by atoms with Gasteiger partial charge in [0.05, 0.1) is 31.9 Å². The van der Waals surface area contributed by atoms with Crippen molar-refractivity contribution in [2.75, 3.05) is 24.7 Å². The van der Waals surface area contributed by atoms with Crippen molar-refractivity contribution in [2.45, 2.75) is 42.9 Å². The number of halogens is 2. The summed E-state index contributed by atoms with van der Waals surface area (Å²) in [5.41, 5.74) is 11.3. The Bertz CT molecular complexity index is 2030. The Kier molecular flexibility index (Phi) is 7.84. The Labute approximate surface area is 266 Å². The molecule has 1 aliphatic carbocycles. The van der Waals surface area contributed by atoms with Gasteiger partial charge in [0.15, 0.2) is 41.2 Å². The van der Waals surface area contributed by atoms with Crippen molar-refractivity contribution in [2.24, 2.45) is 5.92 Å². The number of aromatic amines is 1. The molecule has 18 nitrogen and oxygen atoms in total. The maximum absolute atomic E-state index is 16.3. The van der Waals surface area contributed by atoms with Gasteiger partial charge in [0.1, 0.15) is 30.2 Å². The first-order chi connectivity index (χ1) is 21.7. The highest BCUT2D eigenvalue weighted by Crippen LogP contribution is 2.57. The lowest BCUT2D eigenvalue weighted by Crippen LogP contribution is -2.32. The van der Waals surface area contributed by atoms with Gasteiger partial charge in [0, 0.05) is 5.92 Å². The van der Waals surface area contributed by atoms with Gasteiger partial charge >= 0.3 is 13.4 Å². The van der Waals surface area contributed by atoms with Crippen molar-refractivity contribution in [3.8, 4) is 0 Å². The highest BCUT2D eigenvalue weighted by Gasteiger charge is 2.54. The fourth-order valence-electron chi connectivity index (χ4n) is 5.78. The van der Waals surface area contributed by atoms with E-state index in [-0.39, 0.29) is 39.7 Å². The van der Waals surface area contributed by atoms with Crippen molar-refractivity contribution in [1.82, 2.24) is 39.0 Å². The lowest BCUT2D eigenvalue weighted by atomic mass is 10.0. The summed E-state index contributed by atoms with van der Waals surface area (Å²) in [6, 6.07) is -1.17. The Morgan fingerprint density at radius 2 is 1.63 bits per heavy atom. The van der Waals surface area contributed by atoms with Gasteiger partial charge in [-0.25, -0.2) is 28.7 Å². The van der Waals surface area contributed by atoms with E-state index in [1.165, 1.54) is 21.8 Å². The van der Waals surface area contributed by atoms with Gasteiger partial charge in [-0.05, 0) is 29.2 Å². The summed E-state index contributed by atoms with van der Waals surface area (Å²) in [4.78, 5) is 57.0. The SMILES string of the molecule is C=C1[C@@H](n2cnc3c(N)ncnc32)[C@H](F)[C@@H]2OP(O)(=S)OC[C@H]3O[C@@H](n4cnc5c(=O)[nH]c(N)nc54)[C@H](OP(O)(=S)OC[C@@H]12)[C@@H]3F. The number of fused-ring (bicyclic) bond motifs is 5. The maximum Gasteiger partial charge on any atom is 0.325 e. The van der Waals surface area contributed by atoms with Crippen molar-refractivity contribution < 1.29 is 41.4 Å². The zero-order valence-electron chi connectivity index (χ0n) is 23.1. The third kappa shape index (κ3) is 5.36. The monoisotopic (exact) mass is 720 g/mol. The number of nitrogen functional groups attached to an aromatic ring is 2. The molecular formula is C22H24F2N10O8P2S2. The van der Waals surface area contributed by atoms with Crippen LogP contribution in [0.3, 0.4) is 0 Å². The molecule has 24 heteroatoms. The van der Waals surface area contributed by atoms with Crippen molar-refractivity contribution >= 4 is 71.1 Å². The second-order valence-corrected chi connectivity index (χ2v) is 16.2. The van der Waals surface area contributed by atoms with E-state index in [9.17, 15) is 14.6 Å².